The lowest BCUT2D eigenvalue weighted by Crippen LogP contribution is -2.44. The highest BCUT2D eigenvalue weighted by atomic mass is 32.2. The number of alkyl halides is 2. The van der Waals surface area contributed by atoms with Crippen molar-refractivity contribution in [1.82, 2.24) is 14.7 Å². The van der Waals surface area contributed by atoms with Crippen LogP contribution in [0.5, 0.6) is 0 Å². The van der Waals surface area contributed by atoms with Gasteiger partial charge in [-0.25, -0.2) is 27.0 Å². The van der Waals surface area contributed by atoms with Gasteiger partial charge in [0.25, 0.3) is 12.3 Å². The van der Waals surface area contributed by atoms with Crippen molar-refractivity contribution in [2.24, 2.45) is 5.14 Å². The second-order valence-electron chi connectivity index (χ2n) is 6.07. The molecule has 140 valence electrons. The molecule has 26 heavy (non-hydrogen) atoms. The molecule has 2 aromatic rings. The molecular formula is C16H18F2N4O3S. The van der Waals surface area contributed by atoms with Gasteiger partial charge in [0.15, 0.2) is 0 Å². The van der Waals surface area contributed by atoms with Crippen LogP contribution in [0.3, 0.4) is 0 Å². The fraction of sp³-hybridized carbons (Fsp3) is 0.375. The Balaban J connectivity index is 1.86. The van der Waals surface area contributed by atoms with E-state index in [9.17, 15) is 22.0 Å². The first-order chi connectivity index (χ1) is 12.3. The summed E-state index contributed by atoms with van der Waals surface area (Å²) in [6.45, 7) is 0.276. The Morgan fingerprint density at radius 1 is 1.19 bits per heavy atom. The molecule has 1 aromatic carbocycles. The third kappa shape index (κ3) is 3.61. The van der Waals surface area contributed by atoms with E-state index in [4.69, 9.17) is 5.14 Å². The van der Waals surface area contributed by atoms with Crippen LogP contribution in [0.2, 0.25) is 0 Å². The number of nitrogens with two attached hydrogens (primary N) is 1. The van der Waals surface area contributed by atoms with Crippen LogP contribution in [0.15, 0.2) is 36.5 Å². The number of carbonyl (C=O) groups excluding carboxylic acids is 1. The van der Waals surface area contributed by atoms with Gasteiger partial charge in [0.2, 0.25) is 10.0 Å². The lowest BCUT2D eigenvalue weighted by molar-refractivity contribution is 0.0712. The lowest BCUT2D eigenvalue weighted by Gasteiger charge is -2.30. The molecule has 0 aliphatic carbocycles. The SMILES string of the molecule is NS(=O)(=O)C1CCN(C(=O)c2cnn(-c3ccccc3)c2C(F)F)CC1. The summed E-state index contributed by atoms with van der Waals surface area (Å²) in [4.78, 5) is 14.0. The fourth-order valence-electron chi connectivity index (χ4n) is 3.07. The van der Waals surface area contributed by atoms with Crippen LogP contribution >= 0.6 is 0 Å². The number of benzene rings is 1. The Labute approximate surface area is 149 Å². The van der Waals surface area contributed by atoms with Gasteiger partial charge in [-0.3, -0.25) is 4.79 Å². The van der Waals surface area contributed by atoms with E-state index in [1.165, 1.54) is 4.90 Å². The largest absolute Gasteiger partial charge is 0.338 e. The molecular weight excluding hydrogens is 366 g/mol. The maximum atomic E-state index is 13.6. The molecule has 1 fully saturated rings. The maximum Gasteiger partial charge on any atom is 0.281 e. The van der Waals surface area contributed by atoms with Crippen molar-refractivity contribution in [2.75, 3.05) is 13.1 Å². The molecule has 2 N–H and O–H groups in total. The van der Waals surface area contributed by atoms with Crippen molar-refractivity contribution in [3.8, 4) is 5.69 Å². The zero-order valence-corrected chi connectivity index (χ0v) is 14.6. The monoisotopic (exact) mass is 384 g/mol. The molecule has 1 aromatic heterocycles. The minimum Gasteiger partial charge on any atom is -0.338 e. The molecule has 1 amide bonds. The van der Waals surface area contributed by atoms with Gasteiger partial charge in [0.05, 0.1) is 22.7 Å². The fourth-order valence-corrected chi connectivity index (χ4v) is 3.93. The van der Waals surface area contributed by atoms with Crippen molar-refractivity contribution >= 4 is 15.9 Å². The zero-order valence-electron chi connectivity index (χ0n) is 13.8. The quantitative estimate of drug-likeness (QED) is 0.867. The Bertz CT molecular complexity index is 891. The molecule has 10 heteroatoms. The maximum absolute atomic E-state index is 13.6. The van der Waals surface area contributed by atoms with E-state index in [1.54, 1.807) is 30.3 Å². The van der Waals surface area contributed by atoms with E-state index in [1.807, 2.05) is 0 Å². The Morgan fingerprint density at radius 3 is 2.35 bits per heavy atom. The normalized spacial score (nSPS) is 16.2. The summed E-state index contributed by atoms with van der Waals surface area (Å²) < 4.78 is 51.1. The predicted octanol–water partition coefficient (Wildman–Crippen LogP) is 1.70. The Hall–Kier alpha value is -2.33. The van der Waals surface area contributed by atoms with Crippen LogP contribution in [0.1, 0.15) is 35.3 Å². The van der Waals surface area contributed by atoms with E-state index in [-0.39, 0.29) is 31.5 Å². The number of rotatable bonds is 4. The number of halogens is 2. The number of hydrogen-bond acceptors (Lipinski definition) is 4. The molecule has 0 spiro atoms. The van der Waals surface area contributed by atoms with Crippen molar-refractivity contribution in [3.05, 3.63) is 47.8 Å². The van der Waals surface area contributed by atoms with Crippen molar-refractivity contribution < 1.29 is 22.0 Å². The summed E-state index contributed by atoms with van der Waals surface area (Å²) in [5.74, 6) is -0.588. The molecule has 3 rings (SSSR count). The summed E-state index contributed by atoms with van der Waals surface area (Å²) in [5, 5.41) is 8.37. The van der Waals surface area contributed by atoms with Crippen LogP contribution in [-0.4, -0.2) is 47.3 Å². The molecule has 1 aliphatic heterocycles. The summed E-state index contributed by atoms with van der Waals surface area (Å²) in [5.41, 5.74) is -0.234. The van der Waals surface area contributed by atoms with Gasteiger partial charge >= 0.3 is 0 Å². The van der Waals surface area contributed by atoms with Crippen molar-refractivity contribution in [1.29, 1.82) is 0 Å². The number of carbonyl (C=O) groups is 1. The van der Waals surface area contributed by atoms with Gasteiger partial charge in [-0.1, -0.05) is 18.2 Å². The Kier molecular flexibility index (Phi) is 5.05. The second-order valence-corrected chi connectivity index (χ2v) is 7.92. The highest BCUT2D eigenvalue weighted by Gasteiger charge is 2.33. The molecule has 0 atom stereocenters. The van der Waals surface area contributed by atoms with Crippen LogP contribution < -0.4 is 5.14 Å². The van der Waals surface area contributed by atoms with E-state index >= 15 is 0 Å². The predicted molar refractivity (Wildman–Crippen MR) is 90.6 cm³/mol. The Morgan fingerprint density at radius 2 is 1.81 bits per heavy atom. The van der Waals surface area contributed by atoms with Gasteiger partial charge in [-0.05, 0) is 25.0 Å². The average molecular weight is 384 g/mol. The molecule has 0 bridgehead atoms. The smallest absolute Gasteiger partial charge is 0.281 e. The molecule has 0 radical (unpaired) electrons. The zero-order chi connectivity index (χ0) is 18.9. The number of likely N-dealkylation sites (tertiary alicyclic amines) is 1. The van der Waals surface area contributed by atoms with E-state index in [0.717, 1.165) is 10.9 Å². The highest BCUT2D eigenvalue weighted by Crippen LogP contribution is 2.28. The topological polar surface area (TPSA) is 98.3 Å². The van der Waals surface area contributed by atoms with Crippen molar-refractivity contribution in [3.63, 3.8) is 0 Å². The summed E-state index contributed by atoms with van der Waals surface area (Å²) in [7, 11) is -3.67. The average Bonchev–Trinajstić information content (AvgIpc) is 3.06. The molecule has 0 saturated carbocycles. The number of piperidine rings is 1. The number of para-hydroxylation sites is 1. The molecule has 1 saturated heterocycles. The van der Waals surface area contributed by atoms with E-state index in [0.29, 0.717) is 5.69 Å². The van der Waals surface area contributed by atoms with Crippen LogP contribution in [0, 0.1) is 0 Å². The lowest BCUT2D eigenvalue weighted by atomic mass is 10.1. The van der Waals surface area contributed by atoms with E-state index in [2.05, 4.69) is 5.10 Å². The number of nitrogens with zero attached hydrogens (tertiary/aromatic N) is 3. The second kappa shape index (κ2) is 7.12. The summed E-state index contributed by atoms with van der Waals surface area (Å²) >= 11 is 0. The molecule has 7 nitrogen and oxygen atoms in total. The molecule has 1 aliphatic rings. The first kappa shape index (κ1) is 18.5. The van der Waals surface area contributed by atoms with Crippen LogP contribution in [0.4, 0.5) is 8.78 Å². The molecule has 0 unspecified atom stereocenters. The van der Waals surface area contributed by atoms with Gasteiger partial charge < -0.3 is 4.90 Å². The summed E-state index contributed by atoms with van der Waals surface area (Å²) in [6.07, 6.45) is -1.40. The van der Waals surface area contributed by atoms with Crippen LogP contribution in [-0.2, 0) is 10.0 Å². The van der Waals surface area contributed by atoms with Gasteiger partial charge in [0.1, 0.15) is 5.69 Å². The molecule has 2 heterocycles. The number of sulfonamides is 1. The van der Waals surface area contributed by atoms with Crippen LogP contribution in [0.25, 0.3) is 5.69 Å². The van der Waals surface area contributed by atoms with Gasteiger partial charge in [-0.15, -0.1) is 0 Å². The minimum absolute atomic E-state index is 0.138. The number of primary sulfonamides is 1. The number of amides is 1. The number of aromatic nitrogens is 2. The first-order valence-electron chi connectivity index (χ1n) is 8.01. The number of hydrogen-bond donors (Lipinski definition) is 1. The standard InChI is InChI=1S/C16H18F2N4O3S/c17-15(18)14-13(10-20-22(14)11-4-2-1-3-5-11)16(23)21-8-6-12(7-9-21)26(19,24)25/h1-5,10,12,15H,6-9H2,(H2,19,24,25). The van der Waals surface area contributed by atoms with Crippen molar-refractivity contribution in [2.45, 2.75) is 24.5 Å². The highest BCUT2D eigenvalue weighted by molar-refractivity contribution is 7.89. The summed E-state index contributed by atoms with van der Waals surface area (Å²) in [6, 6.07) is 8.35. The van der Waals surface area contributed by atoms with E-state index < -0.39 is 33.3 Å². The minimum atomic E-state index is -3.67. The van der Waals surface area contributed by atoms with Gasteiger partial charge in [-0.2, -0.15) is 5.10 Å². The third-order valence-electron chi connectivity index (χ3n) is 4.44. The third-order valence-corrected chi connectivity index (χ3v) is 5.84. The first-order valence-corrected chi connectivity index (χ1v) is 9.62. The van der Waals surface area contributed by atoms with Gasteiger partial charge in [0, 0.05) is 13.1 Å².